The summed E-state index contributed by atoms with van der Waals surface area (Å²) in [6.07, 6.45) is 1.23. The summed E-state index contributed by atoms with van der Waals surface area (Å²) >= 11 is 0. The van der Waals surface area contributed by atoms with Crippen LogP contribution in [0.3, 0.4) is 0 Å². The number of terminal acetylenes is 1. The largest absolute Gasteiger partial charge is 0.390 e. The fraction of sp³-hybridized carbons (Fsp3) is 0.471. The zero-order valence-electron chi connectivity index (χ0n) is 13.5. The molecule has 1 aliphatic heterocycles. The van der Waals surface area contributed by atoms with E-state index in [0.717, 1.165) is 11.1 Å². The number of aliphatic hydroxyl groups is 3. The van der Waals surface area contributed by atoms with Gasteiger partial charge in [0.05, 0.1) is 18.8 Å². The average Bonchev–Trinajstić information content (AvgIpc) is 2.62. The molecule has 5 N–H and O–H groups in total. The van der Waals surface area contributed by atoms with E-state index in [1.54, 1.807) is 12.1 Å². The maximum absolute atomic E-state index is 11.5. The van der Waals surface area contributed by atoms with E-state index >= 15 is 0 Å². The molecule has 2 rings (SSSR count). The van der Waals surface area contributed by atoms with Gasteiger partial charge in [-0.2, -0.15) is 5.90 Å². The van der Waals surface area contributed by atoms with Gasteiger partial charge < -0.3 is 29.6 Å². The van der Waals surface area contributed by atoms with Gasteiger partial charge in [-0.15, -0.1) is 6.42 Å². The number of hydrogen-bond acceptors (Lipinski definition) is 8. The molecule has 0 radical (unpaired) electrons. The van der Waals surface area contributed by atoms with Gasteiger partial charge in [0.2, 0.25) is 0 Å². The van der Waals surface area contributed by atoms with Crippen molar-refractivity contribution in [3.8, 4) is 12.3 Å². The van der Waals surface area contributed by atoms with Crippen molar-refractivity contribution in [3.05, 3.63) is 35.4 Å². The number of benzene rings is 1. The predicted molar refractivity (Wildman–Crippen MR) is 85.4 cm³/mol. The van der Waals surface area contributed by atoms with Gasteiger partial charge in [0.25, 0.3) is 5.79 Å². The Hall–Kier alpha value is -1.99. The van der Waals surface area contributed by atoms with Crippen LogP contribution in [0.2, 0.25) is 0 Å². The van der Waals surface area contributed by atoms with Crippen LogP contribution in [0, 0.1) is 12.3 Å². The lowest BCUT2D eigenvalue weighted by Gasteiger charge is -2.40. The molecular formula is C17H21NO7. The molecule has 0 aliphatic carbocycles. The SMILES string of the molecule is C#Cc1ccc(COCCC2OC(O)(C(=O)ON)C[C@@H](O)[C@H]2O)cc1. The van der Waals surface area contributed by atoms with Crippen LogP contribution in [0.5, 0.6) is 0 Å². The number of aliphatic hydroxyl groups excluding tert-OH is 2. The Kier molecular flexibility index (Phi) is 6.50. The molecule has 1 aromatic rings. The molecule has 8 heteroatoms. The van der Waals surface area contributed by atoms with E-state index in [1.807, 2.05) is 12.1 Å². The van der Waals surface area contributed by atoms with Crippen LogP contribution < -0.4 is 5.90 Å². The summed E-state index contributed by atoms with van der Waals surface area (Å²) in [7, 11) is 0. The second kappa shape index (κ2) is 8.40. The van der Waals surface area contributed by atoms with Crippen LogP contribution in [0.25, 0.3) is 0 Å². The number of hydrogen-bond donors (Lipinski definition) is 4. The number of carbonyl (C=O) groups excluding carboxylic acids is 1. The predicted octanol–water partition coefficient (Wildman–Crippen LogP) is -0.809. The fourth-order valence-electron chi connectivity index (χ4n) is 2.56. The van der Waals surface area contributed by atoms with Crippen molar-refractivity contribution in [3.63, 3.8) is 0 Å². The highest BCUT2D eigenvalue weighted by molar-refractivity contribution is 5.77. The highest BCUT2D eigenvalue weighted by atomic mass is 16.7. The van der Waals surface area contributed by atoms with E-state index in [0.29, 0.717) is 6.61 Å². The van der Waals surface area contributed by atoms with Gasteiger partial charge in [0.1, 0.15) is 6.10 Å². The topological polar surface area (TPSA) is 131 Å². The Balaban J connectivity index is 1.85. The Morgan fingerprint density at radius 3 is 2.68 bits per heavy atom. The molecule has 0 bridgehead atoms. The molecule has 0 saturated carbocycles. The lowest BCUT2D eigenvalue weighted by Crippen LogP contribution is -2.59. The molecule has 8 nitrogen and oxygen atoms in total. The van der Waals surface area contributed by atoms with Crippen molar-refractivity contribution in [2.24, 2.45) is 5.90 Å². The molecule has 0 amide bonds. The maximum atomic E-state index is 11.5. The average molecular weight is 351 g/mol. The highest BCUT2D eigenvalue weighted by Crippen LogP contribution is 2.30. The smallest absolute Gasteiger partial charge is 0.385 e. The number of ether oxygens (including phenoxy) is 2. The third-order valence-corrected chi connectivity index (χ3v) is 3.97. The summed E-state index contributed by atoms with van der Waals surface area (Å²) in [6.45, 7) is 0.477. The molecule has 2 unspecified atom stereocenters. The molecule has 1 heterocycles. The zero-order valence-corrected chi connectivity index (χ0v) is 13.5. The molecule has 1 aliphatic rings. The fourth-order valence-corrected chi connectivity index (χ4v) is 2.56. The van der Waals surface area contributed by atoms with Crippen molar-refractivity contribution in [1.82, 2.24) is 0 Å². The van der Waals surface area contributed by atoms with E-state index in [9.17, 15) is 20.1 Å². The molecular weight excluding hydrogens is 330 g/mol. The van der Waals surface area contributed by atoms with Gasteiger partial charge in [-0.25, -0.2) is 4.79 Å². The summed E-state index contributed by atoms with van der Waals surface area (Å²) in [5.41, 5.74) is 1.68. The first-order valence-electron chi connectivity index (χ1n) is 7.70. The van der Waals surface area contributed by atoms with Gasteiger partial charge in [-0.3, -0.25) is 0 Å². The molecule has 0 spiro atoms. The van der Waals surface area contributed by atoms with Gasteiger partial charge in [-0.1, -0.05) is 18.1 Å². The lowest BCUT2D eigenvalue weighted by molar-refractivity contribution is -0.298. The van der Waals surface area contributed by atoms with Crippen LogP contribution in [0.4, 0.5) is 0 Å². The third kappa shape index (κ3) is 4.76. The quantitative estimate of drug-likeness (QED) is 0.297. The van der Waals surface area contributed by atoms with Crippen LogP contribution in [0.1, 0.15) is 24.0 Å². The molecule has 1 aromatic carbocycles. The second-order valence-electron chi connectivity index (χ2n) is 5.79. The van der Waals surface area contributed by atoms with Crippen molar-refractivity contribution < 1.29 is 34.4 Å². The van der Waals surface area contributed by atoms with E-state index in [-0.39, 0.29) is 13.0 Å². The van der Waals surface area contributed by atoms with E-state index in [4.69, 9.17) is 21.8 Å². The molecule has 136 valence electrons. The van der Waals surface area contributed by atoms with Crippen LogP contribution in [-0.4, -0.2) is 52.0 Å². The molecule has 1 fully saturated rings. The first-order valence-corrected chi connectivity index (χ1v) is 7.70. The molecule has 1 saturated heterocycles. The van der Waals surface area contributed by atoms with Gasteiger partial charge in [-0.05, 0) is 24.1 Å². The van der Waals surface area contributed by atoms with Gasteiger partial charge >= 0.3 is 5.97 Å². The summed E-state index contributed by atoms with van der Waals surface area (Å²) in [6, 6.07) is 7.25. The minimum Gasteiger partial charge on any atom is -0.390 e. The van der Waals surface area contributed by atoms with Gasteiger partial charge in [0, 0.05) is 18.6 Å². The summed E-state index contributed by atoms with van der Waals surface area (Å²) < 4.78 is 10.7. The minimum atomic E-state index is -2.40. The van der Waals surface area contributed by atoms with Crippen LogP contribution >= 0.6 is 0 Å². The molecule has 4 atom stereocenters. The Morgan fingerprint density at radius 2 is 2.08 bits per heavy atom. The lowest BCUT2D eigenvalue weighted by atomic mass is 9.94. The van der Waals surface area contributed by atoms with E-state index in [2.05, 4.69) is 10.8 Å². The van der Waals surface area contributed by atoms with Crippen molar-refractivity contribution in [2.75, 3.05) is 6.61 Å². The summed E-state index contributed by atoms with van der Waals surface area (Å²) in [5.74, 6) is 3.63. The normalized spacial score (nSPS) is 29.0. The van der Waals surface area contributed by atoms with E-state index in [1.165, 1.54) is 0 Å². The minimum absolute atomic E-state index is 0.140. The van der Waals surface area contributed by atoms with E-state index < -0.39 is 36.5 Å². The second-order valence-corrected chi connectivity index (χ2v) is 5.79. The molecule has 25 heavy (non-hydrogen) atoms. The standard InChI is InChI=1S/C17H21NO7/c1-2-11-3-5-12(6-4-11)10-23-8-7-14-15(20)13(19)9-17(22,24-14)16(21)25-18/h1,3-6,13-15,19-20,22H,7-10,18H2/t13-,14?,15-,17?/m1/s1. The van der Waals surface area contributed by atoms with Crippen molar-refractivity contribution in [2.45, 2.75) is 43.5 Å². The number of nitrogens with two attached hydrogens (primary N) is 1. The Morgan fingerprint density at radius 1 is 1.40 bits per heavy atom. The van der Waals surface area contributed by atoms with Crippen molar-refractivity contribution in [1.29, 1.82) is 0 Å². The van der Waals surface area contributed by atoms with Crippen LogP contribution in [-0.2, 0) is 25.7 Å². The Labute approximate surface area is 145 Å². The molecule has 0 aromatic heterocycles. The zero-order chi connectivity index (χ0) is 18.4. The number of carbonyl (C=O) groups is 1. The van der Waals surface area contributed by atoms with Crippen LogP contribution in [0.15, 0.2) is 24.3 Å². The first kappa shape index (κ1) is 19.3. The first-order chi connectivity index (χ1) is 11.9. The highest BCUT2D eigenvalue weighted by Gasteiger charge is 2.51. The number of rotatable bonds is 6. The summed E-state index contributed by atoms with van der Waals surface area (Å²) in [5, 5.41) is 29.8. The monoisotopic (exact) mass is 351 g/mol. The Bertz CT molecular complexity index is 627. The third-order valence-electron chi connectivity index (χ3n) is 3.97. The summed E-state index contributed by atoms with van der Waals surface area (Å²) in [4.78, 5) is 15.5. The van der Waals surface area contributed by atoms with Gasteiger partial charge in [0.15, 0.2) is 0 Å². The van der Waals surface area contributed by atoms with Crippen molar-refractivity contribution >= 4 is 5.97 Å². The maximum Gasteiger partial charge on any atom is 0.385 e.